The van der Waals surface area contributed by atoms with Crippen LogP contribution >= 0.6 is 23.2 Å². The van der Waals surface area contributed by atoms with Crippen LogP contribution in [0.1, 0.15) is 11.3 Å². The molecular weight excluding hydrogens is 497 g/mol. The van der Waals surface area contributed by atoms with Crippen molar-refractivity contribution in [1.29, 1.82) is 0 Å². The number of imide groups is 2. The predicted molar refractivity (Wildman–Crippen MR) is 141 cm³/mol. The molecule has 4 amide bonds. The summed E-state index contributed by atoms with van der Waals surface area (Å²) in [7, 11) is 0. The third-order valence-electron chi connectivity index (χ3n) is 5.83. The lowest BCUT2D eigenvalue weighted by atomic mass is 10.0. The Balaban J connectivity index is 1.68. The van der Waals surface area contributed by atoms with Crippen LogP contribution in [0.2, 0.25) is 10.0 Å². The highest BCUT2D eigenvalue weighted by molar-refractivity contribution is 6.42. The molecule has 1 fully saturated rings. The second kappa shape index (κ2) is 9.49. The van der Waals surface area contributed by atoms with Gasteiger partial charge in [-0.2, -0.15) is 0 Å². The minimum Gasteiger partial charge on any atom is -0.313 e. The van der Waals surface area contributed by atoms with Crippen molar-refractivity contribution in [3.05, 3.63) is 112 Å². The number of urea groups is 1. The fourth-order valence-corrected chi connectivity index (χ4v) is 4.76. The smallest absolute Gasteiger partial charge is 0.313 e. The third kappa shape index (κ3) is 4.21. The molecule has 5 rings (SSSR count). The first-order chi connectivity index (χ1) is 17.3. The van der Waals surface area contributed by atoms with Crippen molar-refractivity contribution in [1.82, 2.24) is 9.88 Å². The zero-order chi connectivity index (χ0) is 25.4. The van der Waals surface area contributed by atoms with Crippen molar-refractivity contribution in [2.24, 2.45) is 0 Å². The van der Waals surface area contributed by atoms with Crippen LogP contribution in [0.3, 0.4) is 0 Å². The number of rotatable bonds is 4. The minimum absolute atomic E-state index is 0.107. The molecule has 1 aliphatic heterocycles. The van der Waals surface area contributed by atoms with Gasteiger partial charge in [-0.05, 0) is 55.0 Å². The van der Waals surface area contributed by atoms with E-state index in [1.807, 2.05) is 73.7 Å². The van der Waals surface area contributed by atoms with Crippen LogP contribution in [0.4, 0.5) is 10.5 Å². The standard InChI is InChI=1S/C28H19Cl2N3O3/c1-17-14-19(25(18-8-4-2-5-9-18)32(17)21-10-6-3-7-11-21)15-22-26(34)31-28(36)33(27(22)35)24-13-12-20(29)16-23(24)30/h2-16H,1H3,(H,31,34,36)/b22-15+. The highest BCUT2D eigenvalue weighted by Crippen LogP contribution is 2.34. The molecule has 0 spiro atoms. The molecule has 0 saturated carbocycles. The molecule has 0 unspecified atom stereocenters. The summed E-state index contributed by atoms with van der Waals surface area (Å²) in [6.45, 7) is 1.95. The number of barbiturate groups is 1. The largest absolute Gasteiger partial charge is 0.335 e. The van der Waals surface area contributed by atoms with Crippen LogP contribution in [0.15, 0.2) is 90.5 Å². The first kappa shape index (κ1) is 23.6. The summed E-state index contributed by atoms with van der Waals surface area (Å²) >= 11 is 12.2. The van der Waals surface area contributed by atoms with Crippen molar-refractivity contribution in [3.8, 4) is 16.9 Å². The van der Waals surface area contributed by atoms with E-state index in [1.54, 1.807) is 0 Å². The molecule has 0 aliphatic carbocycles. The molecule has 178 valence electrons. The number of hydrogen-bond acceptors (Lipinski definition) is 3. The Morgan fingerprint density at radius 3 is 2.17 bits per heavy atom. The summed E-state index contributed by atoms with van der Waals surface area (Å²) < 4.78 is 2.06. The average Bonchev–Trinajstić information content (AvgIpc) is 3.19. The maximum atomic E-state index is 13.5. The third-order valence-corrected chi connectivity index (χ3v) is 6.37. The van der Waals surface area contributed by atoms with Gasteiger partial charge in [0.15, 0.2) is 0 Å². The number of nitrogens with one attached hydrogen (secondary N) is 1. The van der Waals surface area contributed by atoms with E-state index in [2.05, 4.69) is 9.88 Å². The molecule has 4 aromatic rings. The second-order valence-corrected chi connectivity index (χ2v) is 9.02. The number of benzene rings is 3. The monoisotopic (exact) mass is 515 g/mol. The van der Waals surface area contributed by atoms with E-state index >= 15 is 0 Å². The zero-order valence-electron chi connectivity index (χ0n) is 19.0. The zero-order valence-corrected chi connectivity index (χ0v) is 20.5. The summed E-state index contributed by atoms with van der Waals surface area (Å²) in [5.74, 6) is -1.56. The van der Waals surface area contributed by atoms with Crippen molar-refractivity contribution < 1.29 is 14.4 Å². The van der Waals surface area contributed by atoms with Gasteiger partial charge >= 0.3 is 6.03 Å². The molecule has 6 nitrogen and oxygen atoms in total. The van der Waals surface area contributed by atoms with Gasteiger partial charge in [-0.3, -0.25) is 14.9 Å². The number of aromatic nitrogens is 1. The van der Waals surface area contributed by atoms with Crippen LogP contribution in [-0.4, -0.2) is 22.4 Å². The summed E-state index contributed by atoms with van der Waals surface area (Å²) in [4.78, 5) is 39.8. The van der Waals surface area contributed by atoms with E-state index < -0.39 is 17.8 Å². The predicted octanol–water partition coefficient (Wildman–Crippen LogP) is 6.43. The van der Waals surface area contributed by atoms with E-state index in [4.69, 9.17) is 23.2 Å². The number of aryl methyl sites for hydroxylation is 1. The number of halogens is 2. The van der Waals surface area contributed by atoms with E-state index in [0.29, 0.717) is 10.6 Å². The van der Waals surface area contributed by atoms with Gasteiger partial charge < -0.3 is 4.57 Å². The highest BCUT2D eigenvalue weighted by Gasteiger charge is 2.38. The number of amides is 4. The van der Waals surface area contributed by atoms with E-state index in [9.17, 15) is 14.4 Å². The van der Waals surface area contributed by atoms with E-state index in [0.717, 1.165) is 27.5 Å². The lowest BCUT2D eigenvalue weighted by Crippen LogP contribution is -2.54. The first-order valence-electron chi connectivity index (χ1n) is 11.0. The Morgan fingerprint density at radius 2 is 1.50 bits per heavy atom. The number of nitrogens with zero attached hydrogens (tertiary/aromatic N) is 2. The number of para-hydroxylation sites is 1. The molecule has 1 N–H and O–H groups in total. The van der Waals surface area contributed by atoms with Gasteiger partial charge in [0.2, 0.25) is 0 Å². The molecule has 36 heavy (non-hydrogen) atoms. The lowest BCUT2D eigenvalue weighted by Gasteiger charge is -2.27. The van der Waals surface area contributed by atoms with Gasteiger partial charge in [0.05, 0.1) is 16.4 Å². The molecule has 0 radical (unpaired) electrons. The topological polar surface area (TPSA) is 71.4 Å². The molecule has 0 atom stereocenters. The molecular formula is C28H19Cl2N3O3. The SMILES string of the molecule is Cc1cc(/C=C2\C(=O)NC(=O)N(c3ccc(Cl)cc3Cl)C2=O)c(-c2ccccc2)n1-c1ccccc1. The van der Waals surface area contributed by atoms with E-state index in [1.165, 1.54) is 24.3 Å². The maximum absolute atomic E-state index is 13.5. The number of carbonyl (C=O) groups is 3. The number of hydrogen-bond donors (Lipinski definition) is 1. The average molecular weight is 516 g/mol. The highest BCUT2D eigenvalue weighted by atomic mass is 35.5. The maximum Gasteiger partial charge on any atom is 0.335 e. The minimum atomic E-state index is -0.882. The normalized spacial score (nSPS) is 14.9. The molecule has 3 aromatic carbocycles. The molecule has 2 heterocycles. The quantitative estimate of drug-likeness (QED) is 0.251. The van der Waals surface area contributed by atoms with Gasteiger partial charge in [-0.15, -0.1) is 0 Å². The summed E-state index contributed by atoms with van der Waals surface area (Å²) in [5.41, 5.74) is 4.13. The van der Waals surface area contributed by atoms with Gasteiger partial charge in [0, 0.05) is 22.0 Å². The lowest BCUT2D eigenvalue weighted by molar-refractivity contribution is -0.122. The van der Waals surface area contributed by atoms with Crippen LogP contribution in [0.5, 0.6) is 0 Å². The van der Waals surface area contributed by atoms with Crippen molar-refractivity contribution in [2.45, 2.75) is 6.92 Å². The van der Waals surface area contributed by atoms with Gasteiger partial charge in [-0.25, -0.2) is 9.69 Å². The second-order valence-electron chi connectivity index (χ2n) is 8.18. The molecule has 1 saturated heterocycles. The number of carbonyl (C=O) groups excluding carboxylic acids is 3. The molecule has 8 heteroatoms. The van der Waals surface area contributed by atoms with Gasteiger partial charge in [0.1, 0.15) is 5.57 Å². The Hall–Kier alpha value is -4.13. The van der Waals surface area contributed by atoms with Crippen LogP contribution in [0, 0.1) is 6.92 Å². The van der Waals surface area contributed by atoms with Crippen molar-refractivity contribution in [2.75, 3.05) is 4.90 Å². The van der Waals surface area contributed by atoms with Crippen LogP contribution in [-0.2, 0) is 9.59 Å². The van der Waals surface area contributed by atoms with Crippen LogP contribution in [0.25, 0.3) is 23.0 Å². The van der Waals surface area contributed by atoms with Gasteiger partial charge in [-0.1, -0.05) is 71.7 Å². The Kier molecular flexibility index (Phi) is 6.22. The fraction of sp³-hybridized carbons (Fsp3) is 0.0357. The van der Waals surface area contributed by atoms with E-state index in [-0.39, 0.29) is 16.3 Å². The molecule has 1 aliphatic rings. The first-order valence-corrected chi connectivity index (χ1v) is 11.8. The summed E-state index contributed by atoms with van der Waals surface area (Å²) in [5, 5.41) is 2.70. The van der Waals surface area contributed by atoms with Crippen LogP contribution < -0.4 is 10.2 Å². The van der Waals surface area contributed by atoms with Gasteiger partial charge in [0.25, 0.3) is 11.8 Å². The molecule has 0 bridgehead atoms. The Labute approximate surface area is 217 Å². The summed E-state index contributed by atoms with van der Waals surface area (Å²) in [6.07, 6.45) is 1.51. The Bertz CT molecular complexity index is 1540. The molecule has 1 aromatic heterocycles. The number of anilines is 1. The fourth-order valence-electron chi connectivity index (χ4n) is 4.27. The Morgan fingerprint density at radius 1 is 0.833 bits per heavy atom. The van der Waals surface area contributed by atoms with Crippen molar-refractivity contribution >= 4 is 52.8 Å². The van der Waals surface area contributed by atoms with Crippen molar-refractivity contribution in [3.63, 3.8) is 0 Å². The summed E-state index contributed by atoms with van der Waals surface area (Å²) in [6, 6.07) is 24.9.